The summed E-state index contributed by atoms with van der Waals surface area (Å²) in [4.78, 5) is 11.8. The van der Waals surface area contributed by atoms with E-state index in [0.717, 1.165) is 16.8 Å². The van der Waals surface area contributed by atoms with Gasteiger partial charge in [0.05, 0.1) is 0 Å². The molecule has 3 N–H and O–H groups in total. The highest BCUT2D eigenvalue weighted by Gasteiger charge is 2.21. The van der Waals surface area contributed by atoms with Crippen LogP contribution in [0.1, 0.15) is 21.9 Å². The van der Waals surface area contributed by atoms with Crippen molar-refractivity contribution in [2.45, 2.75) is 23.4 Å². The number of nitrogens with zero attached hydrogens (tertiary/aromatic N) is 2. The zero-order valence-electron chi connectivity index (χ0n) is 13.9. The molecule has 0 spiro atoms. The van der Waals surface area contributed by atoms with Gasteiger partial charge in [-0.25, -0.2) is 0 Å². The van der Waals surface area contributed by atoms with E-state index in [9.17, 15) is 4.79 Å². The third-order valence-electron chi connectivity index (χ3n) is 3.61. The van der Waals surface area contributed by atoms with Crippen LogP contribution in [-0.4, -0.2) is 16.1 Å². The summed E-state index contributed by atoms with van der Waals surface area (Å²) < 4.78 is 0.694. The largest absolute Gasteiger partial charge is 0.368 e. The molecule has 25 heavy (non-hydrogen) atoms. The number of hydrogen-bond donors (Lipinski definition) is 2. The number of thioether (sulfide) groups is 1. The molecule has 0 saturated heterocycles. The van der Waals surface area contributed by atoms with Crippen molar-refractivity contribution >= 4 is 39.8 Å². The lowest BCUT2D eigenvalue weighted by Gasteiger charge is -2.10. The van der Waals surface area contributed by atoms with Crippen LogP contribution in [-0.2, 0) is 4.79 Å². The third-order valence-corrected chi connectivity index (χ3v) is 5.80. The van der Waals surface area contributed by atoms with Gasteiger partial charge in [-0.2, -0.15) is 0 Å². The summed E-state index contributed by atoms with van der Waals surface area (Å²) >= 11 is 2.72. The van der Waals surface area contributed by atoms with Crippen LogP contribution in [0.25, 0.3) is 0 Å². The predicted octanol–water partition coefficient (Wildman–Crippen LogP) is 4.22. The first-order valence-electron chi connectivity index (χ1n) is 7.71. The second-order valence-corrected chi connectivity index (χ2v) is 7.96. The monoisotopic (exact) mass is 370 g/mol. The Hall–Kier alpha value is -2.38. The number of anilines is 2. The first-order chi connectivity index (χ1) is 12.0. The lowest BCUT2D eigenvalue weighted by molar-refractivity contribution is -0.117. The number of aromatic nitrogens is 2. The van der Waals surface area contributed by atoms with E-state index in [-0.39, 0.29) is 0 Å². The molecule has 7 heteroatoms. The van der Waals surface area contributed by atoms with Gasteiger partial charge in [0.25, 0.3) is 0 Å². The summed E-state index contributed by atoms with van der Waals surface area (Å²) in [7, 11) is 0. The average Bonchev–Trinajstić information content (AvgIpc) is 3.03. The Labute approximate surface area is 154 Å². The number of nitrogens with one attached hydrogen (secondary N) is 1. The molecule has 0 bridgehead atoms. The third kappa shape index (κ3) is 4.37. The molecule has 0 aliphatic rings. The topological polar surface area (TPSA) is 80.9 Å². The molecule has 1 unspecified atom stereocenters. The Morgan fingerprint density at radius 1 is 1.16 bits per heavy atom. The average molecular weight is 371 g/mol. The number of amides is 1. The number of nitrogens with two attached hydrogens (primary N) is 1. The zero-order chi connectivity index (χ0) is 17.8. The maximum atomic E-state index is 11.8. The number of hydrogen-bond acceptors (Lipinski definition) is 6. The number of benzene rings is 2. The summed E-state index contributed by atoms with van der Waals surface area (Å²) in [5, 5.41) is 11.8. The molecule has 0 aliphatic carbocycles. The van der Waals surface area contributed by atoms with E-state index in [1.807, 2.05) is 49.4 Å². The molecule has 0 aliphatic heterocycles. The Morgan fingerprint density at radius 2 is 1.92 bits per heavy atom. The lowest BCUT2D eigenvalue weighted by Crippen LogP contribution is -2.18. The zero-order valence-corrected chi connectivity index (χ0v) is 15.5. The molecule has 3 rings (SSSR count). The van der Waals surface area contributed by atoms with Crippen molar-refractivity contribution in [3.8, 4) is 0 Å². The maximum Gasteiger partial charge on any atom is 0.235 e. The van der Waals surface area contributed by atoms with Crippen LogP contribution in [0.2, 0.25) is 0 Å². The van der Waals surface area contributed by atoms with Gasteiger partial charge < -0.3 is 11.1 Å². The van der Waals surface area contributed by atoms with E-state index in [1.54, 1.807) is 0 Å². The van der Waals surface area contributed by atoms with Crippen LogP contribution >= 0.6 is 23.1 Å². The summed E-state index contributed by atoms with van der Waals surface area (Å²) in [5.74, 6) is -0.393. The molecule has 0 radical (unpaired) electrons. The van der Waals surface area contributed by atoms with Gasteiger partial charge in [0.15, 0.2) is 4.34 Å². The molecule has 1 aromatic heterocycles. The first-order valence-corrected chi connectivity index (χ1v) is 9.41. The molecular formula is C18H18N4OS2. The molecular weight excluding hydrogens is 352 g/mol. The fourth-order valence-corrected chi connectivity index (χ4v) is 4.30. The van der Waals surface area contributed by atoms with Gasteiger partial charge in [-0.15, -0.1) is 10.2 Å². The Kier molecular flexibility index (Phi) is 5.35. The fraction of sp³-hybridized carbons (Fsp3) is 0.167. The van der Waals surface area contributed by atoms with Crippen molar-refractivity contribution in [1.82, 2.24) is 10.2 Å². The van der Waals surface area contributed by atoms with E-state index in [0.29, 0.717) is 9.47 Å². The molecule has 1 heterocycles. The summed E-state index contributed by atoms with van der Waals surface area (Å²) in [6.45, 7) is 4.11. The van der Waals surface area contributed by atoms with Gasteiger partial charge in [-0.3, -0.25) is 4.79 Å². The van der Waals surface area contributed by atoms with Crippen LogP contribution in [0.5, 0.6) is 0 Å². The minimum absolute atomic E-state index is 0.393. The standard InChI is InChI=1S/C18H18N4OS2/c1-11-8-9-14(12(2)10-11)20-17-21-22-18(25-17)24-15(16(19)23)13-6-4-3-5-7-13/h3-10,15H,1-2H3,(H2,19,23)(H,20,21). The summed E-state index contributed by atoms with van der Waals surface area (Å²) in [6, 6.07) is 15.6. The van der Waals surface area contributed by atoms with E-state index in [2.05, 4.69) is 28.5 Å². The number of aryl methyl sites for hydroxylation is 2. The van der Waals surface area contributed by atoms with Crippen molar-refractivity contribution in [3.63, 3.8) is 0 Å². The number of carbonyl (C=O) groups is 1. The van der Waals surface area contributed by atoms with Gasteiger partial charge in [0.1, 0.15) is 5.25 Å². The Balaban J connectivity index is 1.75. The molecule has 5 nitrogen and oxygen atoms in total. The van der Waals surface area contributed by atoms with Crippen molar-refractivity contribution < 1.29 is 4.79 Å². The smallest absolute Gasteiger partial charge is 0.235 e. The SMILES string of the molecule is Cc1ccc(Nc2nnc(SC(C(N)=O)c3ccccc3)s2)c(C)c1. The quantitative estimate of drug-likeness (QED) is 0.635. The van der Waals surface area contributed by atoms with Gasteiger partial charge in [0.2, 0.25) is 11.0 Å². The predicted molar refractivity (Wildman–Crippen MR) is 103 cm³/mol. The van der Waals surface area contributed by atoms with Gasteiger partial charge in [-0.05, 0) is 31.0 Å². The highest BCUT2D eigenvalue weighted by Crippen LogP contribution is 2.38. The van der Waals surface area contributed by atoms with Gasteiger partial charge >= 0.3 is 0 Å². The van der Waals surface area contributed by atoms with E-state index < -0.39 is 11.2 Å². The van der Waals surface area contributed by atoms with Crippen molar-refractivity contribution in [2.75, 3.05) is 5.32 Å². The first kappa shape index (κ1) is 17.4. The Morgan fingerprint density at radius 3 is 2.60 bits per heavy atom. The molecule has 3 aromatic rings. The minimum atomic E-state index is -0.483. The van der Waals surface area contributed by atoms with Crippen LogP contribution in [0.4, 0.5) is 10.8 Å². The van der Waals surface area contributed by atoms with Crippen molar-refractivity contribution in [3.05, 3.63) is 65.2 Å². The van der Waals surface area contributed by atoms with Crippen LogP contribution in [0, 0.1) is 13.8 Å². The molecule has 2 aromatic carbocycles. The molecule has 1 amide bonds. The van der Waals surface area contributed by atoms with Crippen LogP contribution in [0.15, 0.2) is 52.9 Å². The van der Waals surface area contributed by atoms with Gasteiger partial charge in [-0.1, -0.05) is 71.1 Å². The van der Waals surface area contributed by atoms with Gasteiger partial charge in [0, 0.05) is 5.69 Å². The van der Waals surface area contributed by atoms with Crippen molar-refractivity contribution in [1.29, 1.82) is 0 Å². The highest BCUT2D eigenvalue weighted by atomic mass is 32.2. The van der Waals surface area contributed by atoms with E-state index in [4.69, 9.17) is 5.73 Å². The normalized spacial score (nSPS) is 11.9. The number of primary amides is 1. The Bertz CT molecular complexity index is 880. The maximum absolute atomic E-state index is 11.8. The summed E-state index contributed by atoms with van der Waals surface area (Å²) in [6.07, 6.45) is 0. The minimum Gasteiger partial charge on any atom is -0.368 e. The van der Waals surface area contributed by atoms with Crippen LogP contribution < -0.4 is 11.1 Å². The number of rotatable bonds is 6. The highest BCUT2D eigenvalue weighted by molar-refractivity contribution is 8.01. The van der Waals surface area contributed by atoms with Crippen LogP contribution in [0.3, 0.4) is 0 Å². The summed E-state index contributed by atoms with van der Waals surface area (Å²) in [5.41, 5.74) is 9.77. The second kappa shape index (κ2) is 7.67. The fourth-order valence-electron chi connectivity index (χ4n) is 2.40. The molecule has 0 saturated carbocycles. The molecule has 0 fully saturated rings. The number of carbonyl (C=O) groups excluding carboxylic acids is 1. The van der Waals surface area contributed by atoms with E-state index >= 15 is 0 Å². The second-order valence-electron chi connectivity index (χ2n) is 5.63. The van der Waals surface area contributed by atoms with Crippen molar-refractivity contribution in [2.24, 2.45) is 5.73 Å². The lowest BCUT2D eigenvalue weighted by atomic mass is 10.1. The molecule has 128 valence electrons. The molecule has 1 atom stereocenters. The van der Waals surface area contributed by atoms with E-state index in [1.165, 1.54) is 28.7 Å².